The zero-order chi connectivity index (χ0) is 17.7. The largest absolute Gasteiger partial charge is 0.469 e. The quantitative estimate of drug-likeness (QED) is 0.793. The molecule has 0 fully saturated rings. The molecule has 0 saturated heterocycles. The van der Waals surface area contributed by atoms with Crippen LogP contribution >= 0.6 is 0 Å². The molecule has 0 aromatic heterocycles. The molecule has 3 aliphatic rings. The Kier molecular flexibility index (Phi) is 3.64. The molecule has 4 nitrogen and oxygen atoms in total. The van der Waals surface area contributed by atoms with Gasteiger partial charge in [-0.15, -0.1) is 0 Å². The predicted octanol–water partition coefficient (Wildman–Crippen LogP) is 2.77. The fraction of sp³-hybridized carbons (Fsp3) is 0.333. The highest BCUT2D eigenvalue weighted by molar-refractivity contribution is 5.90. The summed E-state index contributed by atoms with van der Waals surface area (Å²) < 4.78 is 5.12. The molecule has 1 amide bonds. The summed E-state index contributed by atoms with van der Waals surface area (Å²) in [5, 5.41) is 0. The Balaban J connectivity index is 2.01. The van der Waals surface area contributed by atoms with Gasteiger partial charge in [0.05, 0.1) is 18.9 Å². The number of hydrogen-bond acceptors (Lipinski definition) is 3. The standard InChI is InChI=1S/C21H21NO3/c1-22(2)20(23)18-16-12-8-4-6-10-14(12)17(19(18)21(24)25-3)15-11-7-5-9-13(15)16/h4-11,16-19H,1-3H3/t16?,17?,18-,19-/m0/s1. The summed E-state index contributed by atoms with van der Waals surface area (Å²) in [6.07, 6.45) is 0. The minimum Gasteiger partial charge on any atom is -0.469 e. The van der Waals surface area contributed by atoms with Gasteiger partial charge in [-0.2, -0.15) is 0 Å². The van der Waals surface area contributed by atoms with Gasteiger partial charge >= 0.3 is 5.97 Å². The molecule has 2 aromatic rings. The van der Waals surface area contributed by atoms with Crippen LogP contribution in [0.4, 0.5) is 0 Å². The third-order valence-electron chi connectivity index (χ3n) is 5.64. The van der Waals surface area contributed by atoms with Crippen molar-refractivity contribution in [3.63, 3.8) is 0 Å². The first-order valence-corrected chi connectivity index (χ1v) is 8.53. The number of rotatable bonds is 2. The molecule has 25 heavy (non-hydrogen) atoms. The lowest BCUT2D eigenvalue weighted by molar-refractivity contribution is -0.154. The molecule has 0 heterocycles. The van der Waals surface area contributed by atoms with Crippen molar-refractivity contribution in [2.24, 2.45) is 11.8 Å². The van der Waals surface area contributed by atoms with Gasteiger partial charge in [-0.25, -0.2) is 0 Å². The van der Waals surface area contributed by atoms with Crippen LogP contribution in [0.2, 0.25) is 0 Å². The zero-order valence-corrected chi connectivity index (χ0v) is 14.6. The average Bonchev–Trinajstić information content (AvgIpc) is 2.66. The minimum atomic E-state index is -0.491. The summed E-state index contributed by atoms with van der Waals surface area (Å²) in [5.74, 6) is -1.50. The molecular formula is C21H21NO3. The number of nitrogens with zero attached hydrogens (tertiary/aromatic N) is 1. The fourth-order valence-electron chi connectivity index (χ4n) is 4.69. The molecule has 4 heteroatoms. The smallest absolute Gasteiger partial charge is 0.310 e. The first kappa shape index (κ1) is 15.9. The highest BCUT2D eigenvalue weighted by atomic mass is 16.5. The molecule has 0 aliphatic heterocycles. The first-order chi connectivity index (χ1) is 12.1. The van der Waals surface area contributed by atoms with Crippen molar-refractivity contribution in [2.45, 2.75) is 11.8 Å². The SMILES string of the molecule is COC(=O)[C@H]1C2c3ccccc3C(c3ccccc32)[C@@H]1C(=O)N(C)C. The maximum atomic E-state index is 13.1. The molecule has 2 aromatic carbocycles. The van der Waals surface area contributed by atoms with Crippen LogP contribution in [-0.2, 0) is 14.3 Å². The summed E-state index contributed by atoms with van der Waals surface area (Å²) >= 11 is 0. The summed E-state index contributed by atoms with van der Waals surface area (Å²) in [6, 6.07) is 16.3. The van der Waals surface area contributed by atoms with Crippen LogP contribution in [0, 0.1) is 11.8 Å². The molecule has 3 aliphatic carbocycles. The Bertz CT molecular complexity index is 810. The van der Waals surface area contributed by atoms with Crippen LogP contribution in [0.3, 0.4) is 0 Å². The van der Waals surface area contributed by atoms with Gasteiger partial charge < -0.3 is 9.64 Å². The van der Waals surface area contributed by atoms with Gasteiger partial charge in [-0.3, -0.25) is 9.59 Å². The topological polar surface area (TPSA) is 46.6 Å². The third kappa shape index (κ3) is 2.13. The lowest BCUT2D eigenvalue weighted by Crippen LogP contribution is -2.50. The van der Waals surface area contributed by atoms with E-state index in [4.69, 9.17) is 4.74 Å². The van der Waals surface area contributed by atoms with Gasteiger partial charge in [0.15, 0.2) is 0 Å². The summed E-state index contributed by atoms with van der Waals surface area (Å²) in [6.45, 7) is 0. The maximum absolute atomic E-state index is 13.1. The number of methoxy groups -OCH3 is 1. The molecule has 0 spiro atoms. The average molecular weight is 335 g/mol. The number of amides is 1. The summed E-state index contributed by atoms with van der Waals surface area (Å²) in [5.41, 5.74) is 4.60. The van der Waals surface area contributed by atoms with Crippen LogP contribution in [-0.4, -0.2) is 38.0 Å². The number of carbonyl (C=O) groups excluding carboxylic acids is 2. The van der Waals surface area contributed by atoms with Crippen LogP contribution < -0.4 is 0 Å². The molecule has 5 rings (SSSR count). The Hall–Kier alpha value is -2.62. The molecule has 128 valence electrons. The molecule has 2 atom stereocenters. The monoisotopic (exact) mass is 335 g/mol. The van der Waals surface area contributed by atoms with Crippen molar-refractivity contribution < 1.29 is 14.3 Å². The Labute approximate surface area is 147 Å². The predicted molar refractivity (Wildman–Crippen MR) is 94.3 cm³/mol. The minimum absolute atomic E-state index is 0.0191. The van der Waals surface area contributed by atoms with Gasteiger partial charge in [-0.1, -0.05) is 48.5 Å². The number of hydrogen-bond donors (Lipinski definition) is 0. The highest BCUT2D eigenvalue weighted by Gasteiger charge is 2.55. The first-order valence-electron chi connectivity index (χ1n) is 8.53. The van der Waals surface area contributed by atoms with E-state index < -0.39 is 11.8 Å². The highest BCUT2D eigenvalue weighted by Crippen LogP contribution is 2.58. The molecule has 0 radical (unpaired) electrons. The van der Waals surface area contributed by atoms with Crippen molar-refractivity contribution in [3.8, 4) is 0 Å². The fourth-order valence-corrected chi connectivity index (χ4v) is 4.69. The van der Waals surface area contributed by atoms with Crippen molar-refractivity contribution in [2.75, 3.05) is 21.2 Å². The van der Waals surface area contributed by atoms with Crippen molar-refractivity contribution in [1.29, 1.82) is 0 Å². The van der Waals surface area contributed by atoms with E-state index in [9.17, 15) is 9.59 Å². The molecular weight excluding hydrogens is 314 g/mol. The van der Waals surface area contributed by atoms with E-state index in [0.29, 0.717) is 0 Å². The normalized spacial score (nSPS) is 25.7. The number of fused-ring (bicyclic) bond motifs is 1. The van der Waals surface area contributed by atoms with Crippen LogP contribution in [0.15, 0.2) is 48.5 Å². The number of ether oxygens (including phenoxy) is 1. The van der Waals surface area contributed by atoms with Gasteiger partial charge in [0.25, 0.3) is 0 Å². The number of benzene rings is 2. The van der Waals surface area contributed by atoms with E-state index >= 15 is 0 Å². The molecule has 2 bridgehead atoms. The lowest BCUT2D eigenvalue weighted by atomic mass is 9.54. The van der Waals surface area contributed by atoms with E-state index in [2.05, 4.69) is 24.3 Å². The molecule has 0 unspecified atom stereocenters. The second-order valence-electron chi connectivity index (χ2n) is 7.02. The van der Waals surface area contributed by atoms with E-state index in [0.717, 1.165) is 22.3 Å². The van der Waals surface area contributed by atoms with Gasteiger partial charge in [0.2, 0.25) is 5.91 Å². The van der Waals surface area contributed by atoms with Crippen molar-refractivity contribution in [3.05, 3.63) is 70.8 Å². The van der Waals surface area contributed by atoms with Crippen LogP contribution in [0.25, 0.3) is 0 Å². The third-order valence-corrected chi connectivity index (χ3v) is 5.64. The summed E-state index contributed by atoms with van der Waals surface area (Å²) in [4.78, 5) is 27.4. The van der Waals surface area contributed by atoms with Crippen LogP contribution in [0.1, 0.15) is 34.1 Å². The van der Waals surface area contributed by atoms with Gasteiger partial charge in [-0.05, 0) is 22.3 Å². The molecule has 0 N–H and O–H groups in total. The Morgan fingerprint density at radius 1 is 0.800 bits per heavy atom. The second kappa shape index (κ2) is 5.73. The van der Waals surface area contributed by atoms with E-state index in [1.54, 1.807) is 19.0 Å². The Morgan fingerprint density at radius 2 is 1.20 bits per heavy atom. The van der Waals surface area contributed by atoms with Gasteiger partial charge in [0.1, 0.15) is 0 Å². The maximum Gasteiger partial charge on any atom is 0.310 e. The number of esters is 1. The van der Waals surface area contributed by atoms with E-state index in [-0.39, 0.29) is 23.7 Å². The van der Waals surface area contributed by atoms with Crippen LogP contribution in [0.5, 0.6) is 0 Å². The lowest BCUT2D eigenvalue weighted by Gasteiger charge is -2.49. The van der Waals surface area contributed by atoms with Crippen molar-refractivity contribution in [1.82, 2.24) is 4.90 Å². The van der Waals surface area contributed by atoms with Gasteiger partial charge in [0, 0.05) is 25.9 Å². The molecule has 0 saturated carbocycles. The number of carbonyl (C=O) groups is 2. The van der Waals surface area contributed by atoms with E-state index in [1.807, 2.05) is 24.3 Å². The van der Waals surface area contributed by atoms with E-state index in [1.165, 1.54) is 7.11 Å². The zero-order valence-electron chi connectivity index (χ0n) is 14.6. The summed E-state index contributed by atoms with van der Waals surface area (Å²) in [7, 11) is 4.90. The van der Waals surface area contributed by atoms with Crippen molar-refractivity contribution >= 4 is 11.9 Å². The second-order valence-corrected chi connectivity index (χ2v) is 7.02. The Morgan fingerprint density at radius 3 is 1.56 bits per heavy atom.